The molecule has 2 aromatic heterocycles. The van der Waals surface area contributed by atoms with Gasteiger partial charge in [-0.05, 0) is 25.5 Å². The normalized spacial score (nSPS) is 10.9. The van der Waals surface area contributed by atoms with Crippen LogP contribution in [-0.4, -0.2) is 9.78 Å². The first-order valence-electron chi connectivity index (χ1n) is 5.51. The summed E-state index contributed by atoms with van der Waals surface area (Å²) < 4.78 is 7.30. The molecule has 2 N–H and O–H groups in total. The number of aromatic nitrogens is 2. The van der Waals surface area contributed by atoms with Crippen LogP contribution in [0.2, 0.25) is 0 Å². The van der Waals surface area contributed by atoms with Crippen molar-refractivity contribution in [3.63, 3.8) is 0 Å². The molecule has 4 heteroatoms. The number of hydrogen-bond acceptors (Lipinski definition) is 3. The average Bonchev–Trinajstić information content (AvgIpc) is 2.78. The van der Waals surface area contributed by atoms with E-state index >= 15 is 0 Å². The van der Waals surface area contributed by atoms with E-state index in [1.54, 1.807) is 4.68 Å². The minimum atomic E-state index is 0.728. The first-order chi connectivity index (χ1) is 7.63. The number of furan rings is 1. The van der Waals surface area contributed by atoms with Gasteiger partial charge in [0.2, 0.25) is 0 Å². The van der Waals surface area contributed by atoms with Crippen molar-refractivity contribution in [1.29, 1.82) is 0 Å². The predicted molar refractivity (Wildman–Crippen MR) is 64.1 cm³/mol. The summed E-state index contributed by atoms with van der Waals surface area (Å²) in [4.78, 5) is 0. The Hall–Kier alpha value is -1.71. The molecule has 0 spiro atoms. The van der Waals surface area contributed by atoms with Gasteiger partial charge in [-0.2, -0.15) is 5.10 Å². The number of nitrogens with two attached hydrogens (primary N) is 1. The molecular formula is C12H17N3O. The van der Waals surface area contributed by atoms with Gasteiger partial charge in [0, 0.05) is 12.6 Å². The van der Waals surface area contributed by atoms with Gasteiger partial charge in [0.05, 0.1) is 0 Å². The van der Waals surface area contributed by atoms with Gasteiger partial charge in [-0.3, -0.25) is 4.68 Å². The molecule has 0 aliphatic carbocycles. The highest BCUT2D eigenvalue weighted by Gasteiger charge is 2.16. The number of nitrogens with zero attached hydrogens (tertiary/aromatic N) is 2. The summed E-state index contributed by atoms with van der Waals surface area (Å²) in [7, 11) is 1.85. The monoisotopic (exact) mass is 219 g/mol. The van der Waals surface area contributed by atoms with Crippen LogP contribution in [0.15, 0.2) is 16.5 Å². The molecule has 0 fully saturated rings. The van der Waals surface area contributed by atoms with E-state index in [9.17, 15) is 0 Å². The van der Waals surface area contributed by atoms with Gasteiger partial charge in [-0.1, -0.05) is 13.3 Å². The van der Waals surface area contributed by atoms with Crippen LogP contribution in [0.25, 0.3) is 11.5 Å². The zero-order valence-corrected chi connectivity index (χ0v) is 9.95. The minimum absolute atomic E-state index is 0.728. The van der Waals surface area contributed by atoms with Crippen molar-refractivity contribution in [2.24, 2.45) is 7.05 Å². The van der Waals surface area contributed by atoms with Crippen LogP contribution in [0.1, 0.15) is 24.7 Å². The molecule has 0 unspecified atom stereocenters. The van der Waals surface area contributed by atoms with Gasteiger partial charge in [-0.25, -0.2) is 0 Å². The number of anilines is 1. The highest BCUT2D eigenvalue weighted by Crippen LogP contribution is 2.29. The Morgan fingerprint density at radius 1 is 1.44 bits per heavy atom. The van der Waals surface area contributed by atoms with Crippen LogP contribution < -0.4 is 5.73 Å². The maximum atomic E-state index is 5.99. The fraction of sp³-hybridized carbons (Fsp3) is 0.417. The Labute approximate surface area is 95.1 Å². The molecule has 0 aliphatic heterocycles. The third kappa shape index (κ3) is 1.71. The van der Waals surface area contributed by atoms with Crippen LogP contribution >= 0.6 is 0 Å². The lowest BCUT2D eigenvalue weighted by molar-refractivity contribution is 0.544. The van der Waals surface area contributed by atoms with E-state index in [0.717, 1.165) is 41.4 Å². The summed E-state index contributed by atoms with van der Waals surface area (Å²) >= 11 is 0. The molecular weight excluding hydrogens is 202 g/mol. The molecule has 16 heavy (non-hydrogen) atoms. The van der Waals surface area contributed by atoms with E-state index < -0.39 is 0 Å². The molecule has 0 amide bonds. The van der Waals surface area contributed by atoms with Crippen molar-refractivity contribution >= 4 is 5.82 Å². The first kappa shape index (κ1) is 10.8. The van der Waals surface area contributed by atoms with Gasteiger partial charge in [0.25, 0.3) is 0 Å². The molecule has 0 radical (unpaired) electrons. The minimum Gasteiger partial charge on any atom is -0.460 e. The number of rotatable bonds is 3. The van der Waals surface area contributed by atoms with E-state index in [4.69, 9.17) is 10.2 Å². The Bertz CT molecular complexity index is 496. The summed E-state index contributed by atoms with van der Waals surface area (Å²) in [5.74, 6) is 2.42. The predicted octanol–water partition coefficient (Wildman–Crippen LogP) is 2.52. The highest BCUT2D eigenvalue weighted by atomic mass is 16.3. The average molecular weight is 219 g/mol. The van der Waals surface area contributed by atoms with Crippen LogP contribution in [0.4, 0.5) is 5.82 Å². The summed E-state index contributed by atoms with van der Waals surface area (Å²) in [5, 5.41) is 4.41. The maximum Gasteiger partial charge on any atom is 0.154 e. The summed E-state index contributed by atoms with van der Waals surface area (Å²) in [5.41, 5.74) is 7.95. The molecule has 0 aromatic carbocycles. The summed E-state index contributed by atoms with van der Waals surface area (Å²) in [6, 6.07) is 3.88. The van der Waals surface area contributed by atoms with E-state index in [0.29, 0.717) is 0 Å². The fourth-order valence-electron chi connectivity index (χ4n) is 1.84. The fourth-order valence-corrected chi connectivity index (χ4v) is 1.84. The Kier molecular flexibility index (Phi) is 2.73. The standard InChI is InChI=1S/C12H17N3O/c1-4-5-9-11(14-15(3)12(9)13)10-7-6-8(2)16-10/h6-7H,4-5,13H2,1-3H3. The lowest BCUT2D eigenvalue weighted by Crippen LogP contribution is -1.99. The van der Waals surface area contributed by atoms with E-state index in [2.05, 4.69) is 12.0 Å². The second-order valence-corrected chi connectivity index (χ2v) is 4.00. The van der Waals surface area contributed by atoms with E-state index in [-0.39, 0.29) is 0 Å². The SMILES string of the molecule is CCCc1c(-c2ccc(C)o2)nn(C)c1N. The molecule has 2 rings (SSSR count). The van der Waals surface area contributed by atoms with Gasteiger partial charge in [-0.15, -0.1) is 0 Å². The van der Waals surface area contributed by atoms with Crippen molar-refractivity contribution in [3.8, 4) is 11.5 Å². The highest BCUT2D eigenvalue weighted by molar-refractivity contribution is 5.64. The van der Waals surface area contributed by atoms with Crippen molar-refractivity contribution in [3.05, 3.63) is 23.5 Å². The molecule has 2 aromatic rings. The third-order valence-electron chi connectivity index (χ3n) is 2.67. The first-order valence-corrected chi connectivity index (χ1v) is 5.51. The van der Waals surface area contributed by atoms with Gasteiger partial charge in [0.1, 0.15) is 17.3 Å². The van der Waals surface area contributed by atoms with Crippen LogP contribution in [0, 0.1) is 6.92 Å². The Balaban J connectivity index is 2.51. The van der Waals surface area contributed by atoms with E-state index in [1.807, 2.05) is 26.1 Å². The molecule has 4 nitrogen and oxygen atoms in total. The van der Waals surface area contributed by atoms with Crippen molar-refractivity contribution in [2.45, 2.75) is 26.7 Å². The third-order valence-corrected chi connectivity index (χ3v) is 2.67. The Morgan fingerprint density at radius 2 is 2.19 bits per heavy atom. The van der Waals surface area contributed by atoms with E-state index in [1.165, 1.54) is 0 Å². The zero-order chi connectivity index (χ0) is 11.7. The van der Waals surface area contributed by atoms with Crippen LogP contribution in [0.5, 0.6) is 0 Å². The van der Waals surface area contributed by atoms with Crippen molar-refractivity contribution in [1.82, 2.24) is 9.78 Å². The molecule has 0 saturated heterocycles. The molecule has 0 atom stereocenters. The lowest BCUT2D eigenvalue weighted by atomic mass is 10.1. The second kappa shape index (κ2) is 4.04. The number of aryl methyl sites for hydroxylation is 2. The maximum absolute atomic E-state index is 5.99. The molecule has 0 bridgehead atoms. The smallest absolute Gasteiger partial charge is 0.154 e. The summed E-state index contributed by atoms with van der Waals surface area (Å²) in [6.45, 7) is 4.05. The Morgan fingerprint density at radius 3 is 2.75 bits per heavy atom. The lowest BCUT2D eigenvalue weighted by Gasteiger charge is -1.99. The summed E-state index contributed by atoms with van der Waals surface area (Å²) in [6.07, 6.45) is 1.97. The van der Waals surface area contributed by atoms with Gasteiger partial charge < -0.3 is 10.2 Å². The second-order valence-electron chi connectivity index (χ2n) is 4.00. The van der Waals surface area contributed by atoms with Crippen LogP contribution in [-0.2, 0) is 13.5 Å². The van der Waals surface area contributed by atoms with Gasteiger partial charge in [0.15, 0.2) is 5.76 Å². The zero-order valence-electron chi connectivity index (χ0n) is 9.95. The topological polar surface area (TPSA) is 57.0 Å². The number of nitrogen functional groups attached to an aromatic ring is 1. The van der Waals surface area contributed by atoms with Crippen LogP contribution in [0.3, 0.4) is 0 Å². The van der Waals surface area contributed by atoms with Gasteiger partial charge >= 0.3 is 0 Å². The largest absolute Gasteiger partial charge is 0.460 e. The molecule has 0 aliphatic rings. The molecule has 0 saturated carbocycles. The quantitative estimate of drug-likeness (QED) is 0.863. The van der Waals surface area contributed by atoms with Crippen molar-refractivity contribution in [2.75, 3.05) is 5.73 Å². The number of hydrogen-bond donors (Lipinski definition) is 1. The molecule has 2 heterocycles. The van der Waals surface area contributed by atoms with Crippen molar-refractivity contribution < 1.29 is 4.42 Å². The molecule has 86 valence electrons.